The van der Waals surface area contributed by atoms with Gasteiger partial charge in [0.15, 0.2) is 0 Å². The zero-order chi connectivity index (χ0) is 21.8. The fourth-order valence-corrected chi connectivity index (χ4v) is 5.41. The summed E-state index contributed by atoms with van der Waals surface area (Å²) < 4.78 is 5.50. The van der Waals surface area contributed by atoms with E-state index in [9.17, 15) is 4.79 Å². The minimum atomic E-state index is -1.23. The zero-order valence-corrected chi connectivity index (χ0v) is 20.2. The molecular weight excluding hydrogens is 420 g/mol. The molecule has 1 unspecified atom stereocenters. The fraction of sp³-hybridized carbons (Fsp3) is 0.360. The van der Waals surface area contributed by atoms with Gasteiger partial charge in [0.2, 0.25) is 0 Å². The van der Waals surface area contributed by atoms with Crippen LogP contribution in [-0.2, 0) is 4.74 Å². The largest absolute Gasteiger partial charge is 0.450 e. The van der Waals surface area contributed by atoms with Gasteiger partial charge in [-0.3, -0.25) is 0 Å². The van der Waals surface area contributed by atoms with E-state index in [1.807, 2.05) is 36.4 Å². The SMILES string of the molecule is C[Si](C)(C)CCOC(=O)NC(Sc1nc2ccccc2cc1-c1ccccc1)C1CC1. The smallest absolute Gasteiger partial charge is 0.408 e. The van der Waals surface area contributed by atoms with Crippen molar-refractivity contribution in [3.05, 3.63) is 60.7 Å². The van der Waals surface area contributed by atoms with Crippen LogP contribution in [0.25, 0.3) is 22.0 Å². The summed E-state index contributed by atoms with van der Waals surface area (Å²) in [6, 6.07) is 21.7. The Morgan fingerprint density at radius 1 is 1.13 bits per heavy atom. The number of hydrogen-bond acceptors (Lipinski definition) is 4. The van der Waals surface area contributed by atoms with Crippen LogP contribution in [0.15, 0.2) is 65.7 Å². The van der Waals surface area contributed by atoms with Gasteiger partial charge >= 0.3 is 6.09 Å². The van der Waals surface area contributed by atoms with Gasteiger partial charge in [0.25, 0.3) is 0 Å². The molecule has 1 fully saturated rings. The summed E-state index contributed by atoms with van der Waals surface area (Å²) in [7, 11) is -1.23. The van der Waals surface area contributed by atoms with Gasteiger partial charge in [-0.25, -0.2) is 9.78 Å². The molecule has 0 spiro atoms. The third kappa shape index (κ3) is 6.11. The first-order valence-electron chi connectivity index (χ1n) is 10.9. The summed E-state index contributed by atoms with van der Waals surface area (Å²) in [6.45, 7) is 7.35. The molecule has 162 valence electrons. The number of pyridine rings is 1. The number of carbonyl (C=O) groups excluding carboxylic acids is 1. The van der Waals surface area contributed by atoms with Crippen molar-refractivity contribution in [2.45, 2.75) is 48.9 Å². The molecule has 3 aromatic rings. The number of carbonyl (C=O) groups is 1. The highest BCUT2D eigenvalue weighted by molar-refractivity contribution is 8.00. The molecule has 4 rings (SSSR count). The Balaban J connectivity index is 1.56. The fourth-order valence-electron chi connectivity index (χ4n) is 3.38. The number of fused-ring (bicyclic) bond motifs is 1. The second-order valence-corrected chi connectivity index (χ2v) is 16.1. The number of thioether (sulfide) groups is 1. The summed E-state index contributed by atoms with van der Waals surface area (Å²) in [6.07, 6.45) is 1.94. The predicted octanol–water partition coefficient (Wildman–Crippen LogP) is 6.79. The average molecular weight is 451 g/mol. The summed E-state index contributed by atoms with van der Waals surface area (Å²) in [5, 5.41) is 5.15. The summed E-state index contributed by atoms with van der Waals surface area (Å²) in [4.78, 5) is 17.5. The first-order chi connectivity index (χ1) is 14.9. The van der Waals surface area contributed by atoms with Gasteiger partial charge in [-0.15, -0.1) is 0 Å². The van der Waals surface area contributed by atoms with Crippen LogP contribution in [0.5, 0.6) is 0 Å². The number of alkyl carbamates (subject to hydrolysis) is 1. The molecular formula is C25H30N2O2SSi. The Hall–Kier alpha value is -2.31. The third-order valence-corrected chi connectivity index (χ3v) is 8.40. The van der Waals surface area contributed by atoms with E-state index in [1.54, 1.807) is 11.8 Å². The minimum Gasteiger partial charge on any atom is -0.450 e. The second kappa shape index (κ2) is 9.45. The van der Waals surface area contributed by atoms with Gasteiger partial charge in [-0.2, -0.15) is 0 Å². The molecule has 1 aromatic heterocycles. The maximum atomic E-state index is 12.5. The lowest BCUT2D eigenvalue weighted by atomic mass is 10.1. The van der Waals surface area contributed by atoms with E-state index in [4.69, 9.17) is 9.72 Å². The van der Waals surface area contributed by atoms with E-state index in [1.165, 1.54) is 0 Å². The number of rotatable bonds is 8. The summed E-state index contributed by atoms with van der Waals surface area (Å²) >= 11 is 1.65. The molecule has 4 nitrogen and oxygen atoms in total. The molecule has 1 atom stereocenters. The zero-order valence-electron chi connectivity index (χ0n) is 18.4. The molecule has 0 aliphatic heterocycles. The molecule has 0 saturated heterocycles. The molecule has 1 saturated carbocycles. The monoisotopic (exact) mass is 450 g/mol. The van der Waals surface area contributed by atoms with E-state index in [-0.39, 0.29) is 11.5 Å². The Morgan fingerprint density at radius 3 is 2.55 bits per heavy atom. The number of aromatic nitrogens is 1. The van der Waals surface area contributed by atoms with Crippen molar-refractivity contribution in [1.29, 1.82) is 0 Å². The Labute approximate surface area is 189 Å². The van der Waals surface area contributed by atoms with E-state index in [0.29, 0.717) is 12.5 Å². The molecule has 0 radical (unpaired) electrons. The molecule has 6 heteroatoms. The van der Waals surface area contributed by atoms with Crippen LogP contribution in [-0.4, -0.2) is 31.1 Å². The van der Waals surface area contributed by atoms with Gasteiger partial charge in [0.05, 0.1) is 17.5 Å². The van der Waals surface area contributed by atoms with Crippen LogP contribution in [0.1, 0.15) is 12.8 Å². The molecule has 2 aromatic carbocycles. The van der Waals surface area contributed by atoms with Crippen LogP contribution >= 0.6 is 11.8 Å². The van der Waals surface area contributed by atoms with Gasteiger partial charge in [0, 0.05) is 19.0 Å². The predicted molar refractivity (Wildman–Crippen MR) is 132 cm³/mol. The van der Waals surface area contributed by atoms with Crippen molar-refractivity contribution in [3.63, 3.8) is 0 Å². The van der Waals surface area contributed by atoms with Gasteiger partial charge in [-0.1, -0.05) is 79.9 Å². The maximum Gasteiger partial charge on any atom is 0.408 e. The van der Waals surface area contributed by atoms with Crippen LogP contribution in [0, 0.1) is 5.92 Å². The summed E-state index contributed by atoms with van der Waals surface area (Å²) in [5.74, 6) is 0.464. The standard InChI is InChI=1S/C25H30N2O2SSi/c1-31(2,3)16-15-29-25(28)27-23(19-13-14-19)30-24-21(18-9-5-4-6-10-18)17-20-11-7-8-12-22(20)26-24/h4-12,17,19,23H,13-16H2,1-3H3,(H,27,28). The van der Waals surface area contributed by atoms with Crippen LogP contribution < -0.4 is 5.32 Å². The van der Waals surface area contributed by atoms with Gasteiger partial charge in [-0.05, 0) is 42.5 Å². The Kier molecular flexibility index (Phi) is 6.67. The number of nitrogens with one attached hydrogen (secondary N) is 1. The maximum absolute atomic E-state index is 12.5. The lowest BCUT2D eigenvalue weighted by Crippen LogP contribution is -2.35. The minimum absolute atomic E-state index is 0.0319. The molecule has 1 amide bonds. The first kappa shape index (κ1) is 21.9. The lowest BCUT2D eigenvalue weighted by molar-refractivity contribution is 0.150. The second-order valence-electron chi connectivity index (χ2n) is 9.37. The van der Waals surface area contributed by atoms with E-state index in [0.717, 1.165) is 45.9 Å². The number of amides is 1. The molecule has 1 aliphatic rings. The lowest BCUT2D eigenvalue weighted by Gasteiger charge is -2.20. The number of ether oxygens (including phenoxy) is 1. The molecule has 0 bridgehead atoms. The Bertz CT molecular complexity index is 1050. The van der Waals surface area contributed by atoms with E-state index in [2.05, 4.69) is 49.2 Å². The van der Waals surface area contributed by atoms with Crippen molar-refractivity contribution in [2.24, 2.45) is 5.92 Å². The van der Waals surface area contributed by atoms with E-state index < -0.39 is 8.07 Å². The highest BCUT2D eigenvalue weighted by Crippen LogP contribution is 2.43. The van der Waals surface area contributed by atoms with E-state index >= 15 is 0 Å². The third-order valence-electron chi connectivity index (χ3n) is 5.41. The Morgan fingerprint density at radius 2 is 1.84 bits per heavy atom. The molecule has 1 aliphatic carbocycles. The molecule has 31 heavy (non-hydrogen) atoms. The normalized spacial score (nSPS) is 14.9. The van der Waals surface area contributed by atoms with Gasteiger partial charge < -0.3 is 10.1 Å². The van der Waals surface area contributed by atoms with Crippen molar-refractivity contribution in [3.8, 4) is 11.1 Å². The number of hydrogen-bond donors (Lipinski definition) is 1. The van der Waals surface area contributed by atoms with Crippen LogP contribution in [0.2, 0.25) is 25.7 Å². The van der Waals surface area contributed by atoms with Crippen LogP contribution in [0.3, 0.4) is 0 Å². The van der Waals surface area contributed by atoms with Gasteiger partial charge in [0.1, 0.15) is 5.03 Å². The topological polar surface area (TPSA) is 51.2 Å². The van der Waals surface area contributed by atoms with Crippen molar-refractivity contribution < 1.29 is 9.53 Å². The van der Waals surface area contributed by atoms with Crippen molar-refractivity contribution in [1.82, 2.24) is 10.3 Å². The highest BCUT2D eigenvalue weighted by atomic mass is 32.2. The summed E-state index contributed by atoms with van der Waals surface area (Å²) in [5.41, 5.74) is 3.20. The van der Waals surface area contributed by atoms with Crippen molar-refractivity contribution >= 4 is 36.8 Å². The molecule has 1 N–H and O–H groups in total. The number of para-hydroxylation sites is 1. The number of nitrogens with zero attached hydrogens (tertiary/aromatic N) is 1. The number of benzene rings is 2. The van der Waals surface area contributed by atoms with Crippen molar-refractivity contribution in [2.75, 3.05) is 6.61 Å². The molecule has 1 heterocycles. The quantitative estimate of drug-likeness (QED) is 0.233. The highest BCUT2D eigenvalue weighted by Gasteiger charge is 2.34. The average Bonchev–Trinajstić information content (AvgIpc) is 3.58. The van der Waals surface area contributed by atoms with Crippen LogP contribution in [0.4, 0.5) is 4.79 Å². The first-order valence-corrected chi connectivity index (χ1v) is 15.5.